The van der Waals surface area contributed by atoms with Crippen LogP contribution in [0.4, 0.5) is 0 Å². The Balaban J connectivity index is 2.09. The number of nitrogens with one attached hydrogen (secondary N) is 2. The van der Waals surface area contributed by atoms with Crippen LogP contribution in [0.1, 0.15) is 36.5 Å². The summed E-state index contributed by atoms with van der Waals surface area (Å²) in [6.45, 7) is 8.95. The highest BCUT2D eigenvalue weighted by Gasteiger charge is 2.27. The molecule has 154 valence electrons. The molecule has 0 aliphatic heterocycles. The number of rotatable bonds is 8. The number of aryl methyl sites for hydroxylation is 2. The van der Waals surface area contributed by atoms with Gasteiger partial charge in [-0.1, -0.05) is 6.07 Å². The second-order valence-corrected chi connectivity index (χ2v) is 6.84. The predicted octanol–water partition coefficient (Wildman–Crippen LogP) is 2.88. The zero-order valence-corrected chi connectivity index (χ0v) is 17.5. The summed E-state index contributed by atoms with van der Waals surface area (Å²) in [5, 5.41) is 17.3. The molecule has 1 atom stereocenters. The number of guanidine groups is 1. The van der Waals surface area contributed by atoms with Gasteiger partial charge in [0.1, 0.15) is 17.1 Å². The van der Waals surface area contributed by atoms with Gasteiger partial charge in [-0.2, -0.15) is 0 Å². The molecule has 1 aromatic carbocycles. The first-order chi connectivity index (χ1) is 13.3. The molecule has 1 unspecified atom stereocenters. The normalized spacial score (nSPS) is 13.8. The molecule has 3 N–H and O–H groups in total. The van der Waals surface area contributed by atoms with Gasteiger partial charge in [0.05, 0.1) is 27.3 Å². The molecule has 0 radical (unpaired) electrons. The summed E-state index contributed by atoms with van der Waals surface area (Å²) in [4.78, 5) is 4.60. The maximum absolute atomic E-state index is 10.9. The molecule has 0 bridgehead atoms. The topological polar surface area (TPSA) is 88.3 Å². The first kappa shape index (κ1) is 21.6. The van der Waals surface area contributed by atoms with Crippen LogP contribution in [0.25, 0.3) is 0 Å². The SMILES string of the molecule is CCNC(=NCc1ccc(OC)c(OC)c1)NCC(C)(O)c1cc(C)oc1C. The first-order valence-corrected chi connectivity index (χ1v) is 9.33. The van der Waals surface area contributed by atoms with Crippen LogP contribution < -0.4 is 20.1 Å². The van der Waals surface area contributed by atoms with E-state index in [4.69, 9.17) is 13.9 Å². The third-order valence-corrected chi connectivity index (χ3v) is 4.43. The standard InChI is InChI=1S/C21H31N3O4/c1-7-22-20(23-12-16-8-9-18(26-5)19(11-16)27-6)24-13-21(4,25)17-10-14(2)28-15(17)3/h8-11,25H,7,12-13H2,1-6H3,(H2,22,23,24). The van der Waals surface area contributed by atoms with E-state index in [1.807, 2.05) is 45.0 Å². The number of nitrogens with zero attached hydrogens (tertiary/aromatic N) is 1. The fraction of sp³-hybridized carbons (Fsp3) is 0.476. The van der Waals surface area contributed by atoms with E-state index in [-0.39, 0.29) is 0 Å². The number of aliphatic imine (C=N–C) groups is 1. The minimum Gasteiger partial charge on any atom is -0.493 e. The summed E-state index contributed by atoms with van der Waals surface area (Å²) in [6, 6.07) is 7.57. The van der Waals surface area contributed by atoms with E-state index in [1.165, 1.54) is 0 Å². The molecule has 7 heteroatoms. The van der Waals surface area contributed by atoms with Crippen LogP contribution in [-0.4, -0.2) is 38.4 Å². The monoisotopic (exact) mass is 389 g/mol. The Labute approximate surface area is 166 Å². The number of furan rings is 1. The third-order valence-electron chi connectivity index (χ3n) is 4.43. The maximum Gasteiger partial charge on any atom is 0.191 e. The Morgan fingerprint density at radius 1 is 1.14 bits per heavy atom. The summed E-state index contributed by atoms with van der Waals surface area (Å²) in [5.41, 5.74) is 0.678. The van der Waals surface area contributed by atoms with Crippen molar-refractivity contribution in [1.82, 2.24) is 10.6 Å². The van der Waals surface area contributed by atoms with Crippen molar-refractivity contribution in [2.75, 3.05) is 27.3 Å². The molecule has 2 rings (SSSR count). The van der Waals surface area contributed by atoms with Gasteiger partial charge in [0.2, 0.25) is 0 Å². The van der Waals surface area contributed by atoms with Crippen molar-refractivity contribution in [2.45, 2.75) is 39.8 Å². The Morgan fingerprint density at radius 3 is 2.43 bits per heavy atom. The van der Waals surface area contributed by atoms with Gasteiger partial charge < -0.3 is 29.6 Å². The minimum absolute atomic E-state index is 0.296. The van der Waals surface area contributed by atoms with Crippen LogP contribution in [0.3, 0.4) is 0 Å². The summed E-state index contributed by atoms with van der Waals surface area (Å²) in [5.74, 6) is 3.47. The van der Waals surface area contributed by atoms with E-state index in [2.05, 4.69) is 15.6 Å². The summed E-state index contributed by atoms with van der Waals surface area (Å²) < 4.78 is 16.1. The molecular weight excluding hydrogens is 358 g/mol. The fourth-order valence-corrected chi connectivity index (χ4v) is 3.01. The lowest BCUT2D eigenvalue weighted by Crippen LogP contribution is -2.44. The Morgan fingerprint density at radius 2 is 1.86 bits per heavy atom. The molecule has 28 heavy (non-hydrogen) atoms. The quantitative estimate of drug-likeness (QED) is 0.475. The van der Waals surface area contributed by atoms with Crippen molar-refractivity contribution in [2.24, 2.45) is 4.99 Å². The molecule has 0 aliphatic carbocycles. The van der Waals surface area contributed by atoms with E-state index in [0.29, 0.717) is 37.1 Å². The van der Waals surface area contributed by atoms with Gasteiger partial charge in [-0.25, -0.2) is 4.99 Å². The Kier molecular flexibility index (Phi) is 7.34. The highest BCUT2D eigenvalue weighted by atomic mass is 16.5. The predicted molar refractivity (Wildman–Crippen MR) is 110 cm³/mol. The van der Waals surface area contributed by atoms with E-state index in [0.717, 1.165) is 22.6 Å². The lowest BCUT2D eigenvalue weighted by atomic mass is 9.96. The van der Waals surface area contributed by atoms with Crippen LogP contribution in [0.5, 0.6) is 11.5 Å². The summed E-state index contributed by atoms with van der Waals surface area (Å²) in [7, 11) is 3.22. The molecule has 0 aliphatic rings. The van der Waals surface area contributed by atoms with E-state index < -0.39 is 5.60 Å². The number of aliphatic hydroxyl groups is 1. The molecule has 0 spiro atoms. The largest absolute Gasteiger partial charge is 0.493 e. The van der Waals surface area contributed by atoms with Crippen molar-refractivity contribution in [3.8, 4) is 11.5 Å². The van der Waals surface area contributed by atoms with Gasteiger partial charge in [0, 0.05) is 12.1 Å². The average Bonchev–Trinajstić information content (AvgIpc) is 3.02. The summed E-state index contributed by atoms with van der Waals surface area (Å²) >= 11 is 0. The zero-order chi connectivity index (χ0) is 20.7. The molecule has 7 nitrogen and oxygen atoms in total. The molecule has 0 amide bonds. The molecule has 2 aromatic rings. The van der Waals surface area contributed by atoms with E-state index in [9.17, 15) is 5.11 Å². The highest BCUT2D eigenvalue weighted by molar-refractivity contribution is 5.79. The second-order valence-electron chi connectivity index (χ2n) is 6.84. The second kappa shape index (κ2) is 9.50. The molecule has 0 saturated heterocycles. The molecule has 1 aromatic heterocycles. The molecule has 0 fully saturated rings. The molecular formula is C21H31N3O4. The minimum atomic E-state index is -1.08. The molecule has 0 saturated carbocycles. The average molecular weight is 389 g/mol. The van der Waals surface area contributed by atoms with Gasteiger partial charge in [-0.05, 0) is 51.5 Å². The third kappa shape index (κ3) is 5.42. The van der Waals surface area contributed by atoms with Crippen LogP contribution in [0.15, 0.2) is 33.7 Å². The van der Waals surface area contributed by atoms with Gasteiger partial charge in [-0.15, -0.1) is 0 Å². The van der Waals surface area contributed by atoms with Crippen molar-refractivity contribution in [3.05, 3.63) is 46.9 Å². The highest BCUT2D eigenvalue weighted by Crippen LogP contribution is 2.28. The Hall–Kier alpha value is -2.67. The van der Waals surface area contributed by atoms with Gasteiger partial charge in [0.25, 0.3) is 0 Å². The van der Waals surface area contributed by atoms with Gasteiger partial charge in [0.15, 0.2) is 17.5 Å². The van der Waals surface area contributed by atoms with Crippen molar-refractivity contribution in [1.29, 1.82) is 0 Å². The number of hydrogen-bond donors (Lipinski definition) is 3. The maximum atomic E-state index is 10.9. The molecule has 1 heterocycles. The van der Waals surface area contributed by atoms with Crippen LogP contribution in [0, 0.1) is 13.8 Å². The number of methoxy groups -OCH3 is 2. The number of benzene rings is 1. The van der Waals surface area contributed by atoms with Crippen LogP contribution in [-0.2, 0) is 12.1 Å². The zero-order valence-electron chi connectivity index (χ0n) is 17.5. The van der Waals surface area contributed by atoms with Crippen LogP contribution in [0.2, 0.25) is 0 Å². The lowest BCUT2D eigenvalue weighted by molar-refractivity contribution is 0.0601. The fourth-order valence-electron chi connectivity index (χ4n) is 3.01. The van der Waals surface area contributed by atoms with Gasteiger partial charge >= 0.3 is 0 Å². The Bertz CT molecular complexity index is 812. The van der Waals surface area contributed by atoms with Crippen LogP contribution >= 0.6 is 0 Å². The van der Waals surface area contributed by atoms with Crippen molar-refractivity contribution >= 4 is 5.96 Å². The van der Waals surface area contributed by atoms with E-state index >= 15 is 0 Å². The van der Waals surface area contributed by atoms with Gasteiger partial charge in [-0.3, -0.25) is 0 Å². The van der Waals surface area contributed by atoms with Crippen molar-refractivity contribution < 1.29 is 19.0 Å². The smallest absolute Gasteiger partial charge is 0.191 e. The lowest BCUT2D eigenvalue weighted by Gasteiger charge is -2.24. The number of hydrogen-bond acceptors (Lipinski definition) is 5. The van der Waals surface area contributed by atoms with E-state index in [1.54, 1.807) is 21.1 Å². The summed E-state index contributed by atoms with van der Waals surface area (Å²) in [6.07, 6.45) is 0. The first-order valence-electron chi connectivity index (χ1n) is 9.33. The number of ether oxygens (including phenoxy) is 2. The van der Waals surface area contributed by atoms with Crippen molar-refractivity contribution in [3.63, 3.8) is 0 Å².